The van der Waals surface area contributed by atoms with Crippen molar-refractivity contribution in [3.63, 3.8) is 0 Å². The highest BCUT2D eigenvalue weighted by Gasteiger charge is 2.27. The predicted octanol–water partition coefficient (Wildman–Crippen LogP) is 4.16. The Bertz CT molecular complexity index is 745. The van der Waals surface area contributed by atoms with Crippen LogP contribution in [0.3, 0.4) is 0 Å². The molecule has 0 bridgehead atoms. The van der Waals surface area contributed by atoms with Crippen molar-refractivity contribution in [2.45, 2.75) is 39.5 Å². The lowest BCUT2D eigenvalue weighted by Gasteiger charge is -2.31. The molecule has 0 radical (unpaired) electrons. The van der Waals surface area contributed by atoms with E-state index in [0.29, 0.717) is 24.6 Å². The summed E-state index contributed by atoms with van der Waals surface area (Å²) >= 11 is 3.16. The molecule has 134 valence electrons. The molecule has 1 fully saturated rings. The first-order valence-electron chi connectivity index (χ1n) is 8.67. The third-order valence-corrected chi connectivity index (χ3v) is 6.19. The van der Waals surface area contributed by atoms with E-state index < -0.39 is 0 Å². The van der Waals surface area contributed by atoms with Crippen LogP contribution in [0.4, 0.5) is 5.13 Å². The Hall–Kier alpha value is -1.73. The number of aromatic nitrogens is 1. The monoisotopic (exact) mass is 377 g/mol. The van der Waals surface area contributed by atoms with Gasteiger partial charge < -0.3 is 10.2 Å². The van der Waals surface area contributed by atoms with Crippen molar-refractivity contribution in [2.75, 3.05) is 18.4 Å². The first kappa shape index (κ1) is 18.1. The summed E-state index contributed by atoms with van der Waals surface area (Å²) in [6.07, 6.45) is 2.92. The topological polar surface area (TPSA) is 62.3 Å². The molecule has 1 aliphatic rings. The number of carbonyl (C=O) groups is 2. The van der Waals surface area contributed by atoms with Gasteiger partial charge in [-0.2, -0.15) is 0 Å². The van der Waals surface area contributed by atoms with Crippen molar-refractivity contribution in [2.24, 2.45) is 5.92 Å². The van der Waals surface area contributed by atoms with Gasteiger partial charge in [0.1, 0.15) is 0 Å². The minimum Gasteiger partial charge on any atom is -0.343 e. The number of thiophene rings is 1. The minimum atomic E-state index is -0.0398. The maximum absolute atomic E-state index is 12.5. The molecule has 0 aromatic carbocycles. The zero-order valence-electron chi connectivity index (χ0n) is 14.6. The van der Waals surface area contributed by atoms with Crippen LogP contribution in [0, 0.1) is 12.8 Å². The summed E-state index contributed by atoms with van der Waals surface area (Å²) in [6.45, 7) is 5.43. The fourth-order valence-electron chi connectivity index (χ4n) is 2.99. The van der Waals surface area contributed by atoms with Gasteiger partial charge in [-0.05, 0) is 38.3 Å². The molecule has 0 spiro atoms. The van der Waals surface area contributed by atoms with E-state index in [1.807, 2.05) is 17.2 Å². The fourth-order valence-corrected chi connectivity index (χ4v) is 4.60. The molecule has 3 heterocycles. The molecule has 2 aromatic heterocycles. The Morgan fingerprint density at radius 3 is 2.72 bits per heavy atom. The molecule has 0 saturated carbocycles. The number of piperidine rings is 1. The van der Waals surface area contributed by atoms with Crippen molar-refractivity contribution >= 4 is 39.6 Å². The molecule has 2 amide bonds. The smallest absolute Gasteiger partial charge is 0.229 e. The fraction of sp³-hybridized carbons (Fsp3) is 0.500. The normalized spacial score (nSPS) is 15.4. The van der Waals surface area contributed by atoms with Crippen LogP contribution in [0.25, 0.3) is 10.6 Å². The van der Waals surface area contributed by atoms with Gasteiger partial charge in [0.05, 0.1) is 10.6 Å². The average Bonchev–Trinajstić information content (AvgIpc) is 3.24. The van der Waals surface area contributed by atoms with E-state index in [1.54, 1.807) is 11.3 Å². The van der Waals surface area contributed by atoms with Crippen LogP contribution in [0.15, 0.2) is 17.5 Å². The average molecular weight is 378 g/mol. The van der Waals surface area contributed by atoms with Crippen LogP contribution in [-0.2, 0) is 9.59 Å². The Balaban J connectivity index is 1.53. The van der Waals surface area contributed by atoms with Gasteiger partial charge in [-0.1, -0.05) is 6.92 Å². The summed E-state index contributed by atoms with van der Waals surface area (Å²) < 4.78 is 0. The molecule has 1 aliphatic heterocycles. The zero-order valence-corrected chi connectivity index (χ0v) is 16.2. The molecule has 0 aliphatic carbocycles. The highest BCUT2D eigenvalue weighted by Crippen LogP contribution is 2.31. The number of hydrogen-bond acceptors (Lipinski definition) is 5. The van der Waals surface area contributed by atoms with Crippen LogP contribution in [0.1, 0.15) is 37.5 Å². The van der Waals surface area contributed by atoms with Gasteiger partial charge in [0.15, 0.2) is 5.13 Å². The van der Waals surface area contributed by atoms with Gasteiger partial charge in [0.2, 0.25) is 11.8 Å². The second kappa shape index (κ2) is 8.10. The lowest BCUT2D eigenvalue weighted by Crippen LogP contribution is -2.41. The number of aryl methyl sites for hydroxylation is 1. The van der Waals surface area contributed by atoms with E-state index in [4.69, 9.17) is 0 Å². The van der Waals surface area contributed by atoms with E-state index in [9.17, 15) is 9.59 Å². The highest BCUT2D eigenvalue weighted by molar-refractivity contribution is 7.17. The van der Waals surface area contributed by atoms with Crippen LogP contribution >= 0.6 is 22.7 Å². The number of carbonyl (C=O) groups excluding carboxylic acids is 2. The Kier molecular flexibility index (Phi) is 5.86. The lowest BCUT2D eigenvalue weighted by atomic mass is 9.96. The van der Waals surface area contributed by atoms with E-state index in [0.717, 1.165) is 29.8 Å². The highest BCUT2D eigenvalue weighted by atomic mass is 32.1. The maximum Gasteiger partial charge on any atom is 0.229 e. The first-order chi connectivity index (χ1) is 12.1. The largest absolute Gasteiger partial charge is 0.343 e. The number of nitrogens with one attached hydrogen (secondary N) is 1. The molecule has 25 heavy (non-hydrogen) atoms. The summed E-state index contributed by atoms with van der Waals surface area (Å²) in [4.78, 5) is 33.2. The van der Waals surface area contributed by atoms with Crippen molar-refractivity contribution in [3.8, 4) is 10.6 Å². The number of anilines is 1. The van der Waals surface area contributed by atoms with Gasteiger partial charge >= 0.3 is 0 Å². The van der Waals surface area contributed by atoms with Crippen LogP contribution < -0.4 is 5.32 Å². The quantitative estimate of drug-likeness (QED) is 0.851. The van der Waals surface area contributed by atoms with Crippen LogP contribution in [0.5, 0.6) is 0 Å². The molecular weight excluding hydrogens is 354 g/mol. The molecule has 0 atom stereocenters. The number of nitrogens with zero attached hydrogens (tertiary/aromatic N) is 2. The van der Waals surface area contributed by atoms with Gasteiger partial charge in [-0.3, -0.25) is 9.59 Å². The first-order valence-corrected chi connectivity index (χ1v) is 10.4. The standard InChI is InChI=1S/C18H23N3O2S2/c1-3-4-16(22)21-9-7-13(8-10-21)17(23)20-18-19-14(11-24-18)15-6-5-12(2)25-15/h5-6,11,13H,3-4,7-10H2,1-2H3,(H,19,20,23). The van der Waals surface area contributed by atoms with E-state index >= 15 is 0 Å². The van der Waals surface area contributed by atoms with Crippen LogP contribution in [-0.4, -0.2) is 34.8 Å². The Labute approximate surface area is 156 Å². The van der Waals surface area contributed by atoms with Gasteiger partial charge in [-0.25, -0.2) is 4.98 Å². The molecule has 0 unspecified atom stereocenters. The molecule has 1 saturated heterocycles. The number of thiazole rings is 1. The van der Waals surface area contributed by atoms with E-state index in [1.165, 1.54) is 16.2 Å². The molecule has 1 N–H and O–H groups in total. The van der Waals surface area contributed by atoms with Gasteiger partial charge in [0.25, 0.3) is 0 Å². The summed E-state index contributed by atoms with van der Waals surface area (Å²) in [6, 6.07) is 4.13. The summed E-state index contributed by atoms with van der Waals surface area (Å²) in [5, 5.41) is 5.58. The third-order valence-electron chi connectivity index (χ3n) is 4.41. The number of rotatable bonds is 5. The second-order valence-corrected chi connectivity index (χ2v) is 8.49. The second-order valence-electron chi connectivity index (χ2n) is 6.34. The predicted molar refractivity (Wildman–Crippen MR) is 103 cm³/mol. The minimum absolute atomic E-state index is 0.0193. The molecule has 3 rings (SSSR count). The van der Waals surface area contributed by atoms with E-state index in [2.05, 4.69) is 29.4 Å². The third kappa shape index (κ3) is 4.46. The Morgan fingerprint density at radius 2 is 2.08 bits per heavy atom. The van der Waals surface area contributed by atoms with E-state index in [-0.39, 0.29) is 17.7 Å². The SMILES string of the molecule is CCCC(=O)N1CCC(C(=O)Nc2nc(-c3ccc(C)s3)cs2)CC1. The van der Waals surface area contributed by atoms with Crippen molar-refractivity contribution < 1.29 is 9.59 Å². The molecular formula is C18H23N3O2S2. The molecule has 2 aromatic rings. The summed E-state index contributed by atoms with van der Waals surface area (Å²) in [5.41, 5.74) is 0.915. The molecule has 7 heteroatoms. The number of amides is 2. The van der Waals surface area contributed by atoms with Gasteiger partial charge in [-0.15, -0.1) is 22.7 Å². The van der Waals surface area contributed by atoms with Crippen molar-refractivity contribution in [3.05, 3.63) is 22.4 Å². The maximum atomic E-state index is 12.5. The van der Waals surface area contributed by atoms with Crippen LogP contribution in [0.2, 0.25) is 0 Å². The Morgan fingerprint density at radius 1 is 1.32 bits per heavy atom. The number of hydrogen-bond donors (Lipinski definition) is 1. The number of likely N-dealkylation sites (tertiary alicyclic amines) is 1. The molecule has 5 nitrogen and oxygen atoms in total. The summed E-state index contributed by atoms with van der Waals surface area (Å²) in [7, 11) is 0. The van der Waals surface area contributed by atoms with Gasteiger partial charge in [0, 0.05) is 35.7 Å². The zero-order chi connectivity index (χ0) is 17.8. The van der Waals surface area contributed by atoms with Crippen molar-refractivity contribution in [1.82, 2.24) is 9.88 Å². The van der Waals surface area contributed by atoms with Crippen molar-refractivity contribution in [1.29, 1.82) is 0 Å². The lowest BCUT2D eigenvalue weighted by molar-refractivity contribution is -0.134. The summed E-state index contributed by atoms with van der Waals surface area (Å²) in [5.74, 6) is 0.185.